The molecule has 0 spiro atoms. The Morgan fingerprint density at radius 3 is 1.45 bits per heavy atom. The molecule has 0 bridgehead atoms. The predicted octanol–water partition coefficient (Wildman–Crippen LogP) is 12.3. The number of benzene rings is 7. The van der Waals surface area contributed by atoms with Crippen molar-refractivity contribution in [1.29, 1.82) is 0 Å². The van der Waals surface area contributed by atoms with Crippen LogP contribution in [0.15, 0.2) is 170 Å². The maximum absolute atomic E-state index is 5.21. The highest BCUT2D eigenvalue weighted by Crippen LogP contribution is 2.54. The molecule has 7 aromatic carbocycles. The van der Waals surface area contributed by atoms with E-state index in [4.69, 9.17) is 9.97 Å². The third-order valence-electron chi connectivity index (χ3n) is 10.1. The van der Waals surface area contributed by atoms with Crippen LogP contribution in [0.5, 0.6) is 0 Å². The zero-order chi connectivity index (χ0) is 33.0. The molecule has 0 atom stereocenters. The Hall–Kier alpha value is -6.12. The van der Waals surface area contributed by atoms with E-state index in [9.17, 15) is 0 Å². The molecule has 9 rings (SSSR count). The van der Waals surface area contributed by atoms with Gasteiger partial charge in [0.2, 0.25) is 0 Å². The molecule has 0 amide bonds. The van der Waals surface area contributed by atoms with E-state index in [0.29, 0.717) is 5.82 Å². The van der Waals surface area contributed by atoms with Gasteiger partial charge in [-0.2, -0.15) is 0 Å². The highest BCUT2D eigenvalue weighted by Gasteiger charge is 2.37. The normalized spacial score (nSPS) is 12.9. The Balaban J connectivity index is 1.26. The number of aromatic nitrogens is 2. The minimum atomic E-state index is -0.114. The molecule has 0 unspecified atom stereocenters. The summed E-state index contributed by atoms with van der Waals surface area (Å²) < 4.78 is 0. The zero-order valence-corrected chi connectivity index (χ0v) is 27.6. The molecule has 0 saturated carbocycles. The van der Waals surface area contributed by atoms with Crippen LogP contribution >= 0.6 is 0 Å². The molecule has 2 heteroatoms. The maximum atomic E-state index is 5.21. The van der Waals surface area contributed by atoms with Crippen LogP contribution in [0.3, 0.4) is 0 Å². The summed E-state index contributed by atoms with van der Waals surface area (Å²) in [4.78, 5) is 10.4. The number of nitrogens with zero attached hydrogens (tertiary/aromatic N) is 2. The molecule has 0 aliphatic heterocycles. The minimum Gasteiger partial charge on any atom is -0.228 e. The van der Waals surface area contributed by atoms with Crippen molar-refractivity contribution >= 4 is 10.8 Å². The highest BCUT2D eigenvalue weighted by atomic mass is 14.9. The van der Waals surface area contributed by atoms with Gasteiger partial charge in [-0.1, -0.05) is 166 Å². The lowest BCUT2D eigenvalue weighted by Crippen LogP contribution is -2.14. The molecule has 0 fully saturated rings. The molecule has 1 aliphatic rings. The van der Waals surface area contributed by atoms with Crippen molar-refractivity contribution in [3.05, 3.63) is 181 Å². The largest absolute Gasteiger partial charge is 0.228 e. The van der Waals surface area contributed by atoms with Crippen molar-refractivity contribution in [2.24, 2.45) is 0 Å². The molecule has 2 nitrogen and oxygen atoms in total. The van der Waals surface area contributed by atoms with Gasteiger partial charge in [0.15, 0.2) is 5.82 Å². The van der Waals surface area contributed by atoms with E-state index in [1.165, 1.54) is 44.2 Å². The van der Waals surface area contributed by atoms with Crippen LogP contribution in [0.1, 0.15) is 25.0 Å². The number of rotatable bonds is 5. The van der Waals surface area contributed by atoms with Crippen LogP contribution in [0, 0.1) is 0 Å². The van der Waals surface area contributed by atoms with Crippen molar-refractivity contribution in [3.63, 3.8) is 0 Å². The van der Waals surface area contributed by atoms with Gasteiger partial charge in [0.1, 0.15) is 0 Å². The Morgan fingerprint density at radius 1 is 0.367 bits per heavy atom. The van der Waals surface area contributed by atoms with Gasteiger partial charge in [-0.05, 0) is 73.5 Å². The maximum Gasteiger partial charge on any atom is 0.161 e. The average molecular weight is 627 g/mol. The van der Waals surface area contributed by atoms with Crippen molar-refractivity contribution in [3.8, 4) is 67.3 Å². The molecule has 1 heterocycles. The van der Waals surface area contributed by atoms with Crippen LogP contribution in [0.2, 0.25) is 0 Å². The van der Waals surface area contributed by atoms with Crippen LogP contribution < -0.4 is 0 Å². The molecule has 0 saturated heterocycles. The molecule has 232 valence electrons. The lowest BCUT2D eigenvalue weighted by Gasteiger charge is -2.22. The van der Waals surface area contributed by atoms with E-state index in [1.54, 1.807) is 0 Å². The van der Waals surface area contributed by atoms with E-state index in [1.807, 2.05) is 12.1 Å². The first-order chi connectivity index (χ1) is 24.1. The van der Waals surface area contributed by atoms with Gasteiger partial charge in [-0.3, -0.25) is 0 Å². The van der Waals surface area contributed by atoms with Gasteiger partial charge in [0.25, 0.3) is 0 Å². The second-order valence-corrected chi connectivity index (χ2v) is 13.4. The fourth-order valence-electron chi connectivity index (χ4n) is 7.64. The molecular formula is C47H34N2. The summed E-state index contributed by atoms with van der Waals surface area (Å²) in [6, 6.07) is 60.6. The Bertz CT molecular complexity index is 2450. The van der Waals surface area contributed by atoms with Crippen LogP contribution in [-0.2, 0) is 5.41 Å². The fraction of sp³-hybridized carbons (Fsp3) is 0.0638. The second kappa shape index (κ2) is 11.5. The van der Waals surface area contributed by atoms with Crippen molar-refractivity contribution in [1.82, 2.24) is 9.97 Å². The predicted molar refractivity (Wildman–Crippen MR) is 204 cm³/mol. The van der Waals surface area contributed by atoms with Crippen LogP contribution in [-0.4, -0.2) is 9.97 Å². The quantitative estimate of drug-likeness (QED) is 0.190. The standard InChI is InChI=1S/C47H34N2/c1-47(2)41-27-15-26-38(45(41)40-28-33-20-9-10-21-34(33)29-42(40)47)36-23-12-11-22-35(36)37-24-13-14-25-39(37)46-48-43(31-16-5-3-6-17-31)30-44(49-46)32-18-7-4-8-19-32/h3-30H,1-2H3. The summed E-state index contributed by atoms with van der Waals surface area (Å²) in [6.45, 7) is 4.72. The SMILES string of the molecule is CC1(C)c2cc3ccccc3cc2-c2c(-c3ccccc3-c3ccccc3-c3nc(-c4ccccc4)cc(-c4ccccc4)n3)cccc21. The summed E-state index contributed by atoms with van der Waals surface area (Å²) in [5.41, 5.74) is 14.9. The fourth-order valence-corrected chi connectivity index (χ4v) is 7.64. The highest BCUT2D eigenvalue weighted by molar-refractivity contribution is 6.01. The number of fused-ring (bicyclic) bond motifs is 4. The molecule has 8 aromatic rings. The lowest BCUT2D eigenvalue weighted by molar-refractivity contribution is 0.661. The molecule has 1 aliphatic carbocycles. The molecule has 49 heavy (non-hydrogen) atoms. The van der Waals surface area contributed by atoms with E-state index >= 15 is 0 Å². The summed E-state index contributed by atoms with van der Waals surface area (Å²) in [7, 11) is 0. The average Bonchev–Trinajstić information content (AvgIpc) is 3.39. The van der Waals surface area contributed by atoms with Gasteiger partial charge in [0.05, 0.1) is 11.4 Å². The summed E-state index contributed by atoms with van der Waals surface area (Å²) in [5, 5.41) is 2.55. The van der Waals surface area contributed by atoms with Crippen molar-refractivity contribution in [2.45, 2.75) is 19.3 Å². The summed E-state index contributed by atoms with van der Waals surface area (Å²) in [5.74, 6) is 0.710. The van der Waals surface area contributed by atoms with E-state index in [2.05, 4.69) is 172 Å². The smallest absolute Gasteiger partial charge is 0.161 e. The van der Waals surface area contributed by atoms with Crippen LogP contribution in [0.25, 0.3) is 78.1 Å². The van der Waals surface area contributed by atoms with Crippen molar-refractivity contribution < 1.29 is 0 Å². The molecular weight excluding hydrogens is 593 g/mol. The second-order valence-electron chi connectivity index (χ2n) is 13.4. The topological polar surface area (TPSA) is 25.8 Å². The van der Waals surface area contributed by atoms with E-state index < -0.39 is 0 Å². The van der Waals surface area contributed by atoms with Gasteiger partial charge in [0, 0.05) is 22.1 Å². The zero-order valence-electron chi connectivity index (χ0n) is 27.6. The Morgan fingerprint density at radius 2 is 0.837 bits per heavy atom. The molecule has 1 aromatic heterocycles. The van der Waals surface area contributed by atoms with Gasteiger partial charge in [-0.25, -0.2) is 9.97 Å². The Labute approximate surface area is 287 Å². The van der Waals surface area contributed by atoms with Gasteiger partial charge >= 0.3 is 0 Å². The number of hydrogen-bond acceptors (Lipinski definition) is 2. The first kappa shape index (κ1) is 29.1. The van der Waals surface area contributed by atoms with Crippen LogP contribution in [0.4, 0.5) is 0 Å². The van der Waals surface area contributed by atoms with Gasteiger partial charge in [-0.15, -0.1) is 0 Å². The minimum absolute atomic E-state index is 0.114. The third-order valence-corrected chi connectivity index (χ3v) is 10.1. The summed E-state index contributed by atoms with van der Waals surface area (Å²) >= 11 is 0. The van der Waals surface area contributed by atoms with Crippen molar-refractivity contribution in [2.75, 3.05) is 0 Å². The molecule has 0 N–H and O–H groups in total. The molecule has 0 radical (unpaired) electrons. The van der Waals surface area contributed by atoms with Gasteiger partial charge < -0.3 is 0 Å². The third kappa shape index (κ3) is 4.88. The Kier molecular flexibility index (Phi) is 6.84. The van der Waals surface area contributed by atoms with E-state index in [-0.39, 0.29) is 5.41 Å². The monoisotopic (exact) mass is 626 g/mol. The first-order valence-electron chi connectivity index (χ1n) is 16.9. The first-order valence-corrected chi connectivity index (χ1v) is 16.9. The lowest BCUT2D eigenvalue weighted by atomic mass is 9.81. The number of hydrogen-bond donors (Lipinski definition) is 0. The summed E-state index contributed by atoms with van der Waals surface area (Å²) in [6.07, 6.45) is 0. The van der Waals surface area contributed by atoms with E-state index in [0.717, 1.165) is 39.2 Å².